The number of piperidine rings is 1. The topological polar surface area (TPSA) is 34.1 Å². The molecule has 0 bridgehead atoms. The second-order valence-electron chi connectivity index (χ2n) is 6.35. The van der Waals surface area contributed by atoms with Crippen LogP contribution in [-0.2, 0) is 4.84 Å². The summed E-state index contributed by atoms with van der Waals surface area (Å²) in [7, 11) is 0. The molecular weight excluding hydrogens is 300 g/mol. The van der Waals surface area contributed by atoms with Crippen molar-refractivity contribution in [1.82, 2.24) is 4.90 Å². The average molecular weight is 330 g/mol. The van der Waals surface area contributed by atoms with Crippen LogP contribution >= 0.6 is 0 Å². The van der Waals surface area contributed by atoms with E-state index in [2.05, 4.69) is 61.0 Å². The Morgan fingerprint density at radius 1 is 1.29 bits per heavy atom. The fraction of sp³-hybridized carbons (Fsp3) is 0.550. The fourth-order valence-corrected chi connectivity index (χ4v) is 3.11. The van der Waals surface area contributed by atoms with E-state index in [1.54, 1.807) is 0 Å². The number of rotatable bonds is 9. The van der Waals surface area contributed by atoms with Crippen LogP contribution in [0.3, 0.4) is 0 Å². The summed E-state index contributed by atoms with van der Waals surface area (Å²) in [6.45, 7) is 11.1. The monoisotopic (exact) mass is 330 g/mol. The molecule has 0 N–H and O–H groups in total. The molecule has 0 unspecified atom stereocenters. The summed E-state index contributed by atoms with van der Waals surface area (Å²) in [4.78, 5) is 7.25. The SMILES string of the molecule is C=NOCN1CCC(COc2ccc(/C(=C/C)CCC)cc2)CC1. The standard InChI is InChI=1S/C20H30N2O2/c1-4-6-18(5-2)19-7-9-20(10-8-19)23-15-17-11-13-22(14-12-17)16-24-21-3/h5,7-10,17H,3-4,6,11-16H2,1-2H3/b18-5+. The van der Waals surface area contributed by atoms with Gasteiger partial charge in [-0.15, -0.1) is 5.16 Å². The summed E-state index contributed by atoms with van der Waals surface area (Å²) in [6.07, 6.45) is 6.78. The van der Waals surface area contributed by atoms with E-state index in [1.165, 1.54) is 17.6 Å². The molecule has 0 aromatic heterocycles. The average Bonchev–Trinajstić information content (AvgIpc) is 2.64. The second-order valence-corrected chi connectivity index (χ2v) is 6.35. The molecule has 24 heavy (non-hydrogen) atoms. The molecule has 0 aliphatic carbocycles. The van der Waals surface area contributed by atoms with Gasteiger partial charge < -0.3 is 9.57 Å². The minimum absolute atomic E-state index is 0.545. The lowest BCUT2D eigenvalue weighted by molar-refractivity contribution is 0.0104. The molecule has 0 atom stereocenters. The van der Waals surface area contributed by atoms with E-state index >= 15 is 0 Å². The molecule has 1 heterocycles. The number of hydrogen-bond acceptors (Lipinski definition) is 4. The highest BCUT2D eigenvalue weighted by Crippen LogP contribution is 2.24. The lowest BCUT2D eigenvalue weighted by atomic mass is 9.98. The molecule has 1 aliphatic rings. The first-order valence-corrected chi connectivity index (χ1v) is 8.95. The molecule has 1 fully saturated rings. The zero-order valence-corrected chi connectivity index (χ0v) is 15.0. The Morgan fingerprint density at radius 2 is 2.00 bits per heavy atom. The van der Waals surface area contributed by atoms with Crippen LogP contribution in [0.5, 0.6) is 5.75 Å². The molecular formula is C20H30N2O2. The predicted octanol–water partition coefficient (Wildman–Crippen LogP) is 4.57. The fourth-order valence-electron chi connectivity index (χ4n) is 3.11. The third-order valence-corrected chi connectivity index (χ3v) is 4.62. The summed E-state index contributed by atoms with van der Waals surface area (Å²) in [6, 6.07) is 8.52. The van der Waals surface area contributed by atoms with Gasteiger partial charge in [0.25, 0.3) is 0 Å². The highest BCUT2D eigenvalue weighted by molar-refractivity contribution is 5.65. The van der Waals surface area contributed by atoms with Crippen molar-refractivity contribution in [3.8, 4) is 5.75 Å². The molecule has 4 nitrogen and oxygen atoms in total. The Hall–Kier alpha value is -1.81. The van der Waals surface area contributed by atoms with E-state index in [1.807, 2.05) is 0 Å². The first kappa shape index (κ1) is 18.5. The number of ether oxygens (including phenoxy) is 1. The van der Waals surface area contributed by atoms with E-state index in [-0.39, 0.29) is 0 Å². The third kappa shape index (κ3) is 5.68. The highest BCUT2D eigenvalue weighted by atomic mass is 16.6. The zero-order valence-electron chi connectivity index (χ0n) is 15.0. The quantitative estimate of drug-likeness (QED) is 0.491. The van der Waals surface area contributed by atoms with Gasteiger partial charge in [0, 0.05) is 19.8 Å². The van der Waals surface area contributed by atoms with Crippen LogP contribution in [0.2, 0.25) is 0 Å². The number of allylic oxidation sites excluding steroid dienone is 2. The van der Waals surface area contributed by atoms with Gasteiger partial charge >= 0.3 is 0 Å². The molecule has 2 rings (SSSR count). The molecule has 1 aliphatic heterocycles. The van der Waals surface area contributed by atoms with Crippen LogP contribution in [0.1, 0.15) is 45.1 Å². The van der Waals surface area contributed by atoms with Crippen molar-refractivity contribution >= 4 is 12.3 Å². The molecule has 0 amide bonds. The zero-order chi connectivity index (χ0) is 17.2. The van der Waals surface area contributed by atoms with Crippen molar-refractivity contribution in [1.29, 1.82) is 0 Å². The summed E-state index contributed by atoms with van der Waals surface area (Å²) in [5.41, 5.74) is 2.71. The minimum Gasteiger partial charge on any atom is -0.493 e. The Balaban J connectivity index is 1.76. The van der Waals surface area contributed by atoms with Crippen molar-refractivity contribution in [2.45, 2.75) is 39.5 Å². The number of nitrogens with zero attached hydrogens (tertiary/aromatic N) is 2. The van der Waals surface area contributed by atoms with Gasteiger partial charge in [0.05, 0.1) is 6.61 Å². The van der Waals surface area contributed by atoms with Gasteiger partial charge in [-0.2, -0.15) is 0 Å². The number of hydrogen-bond donors (Lipinski definition) is 0. The lowest BCUT2D eigenvalue weighted by Gasteiger charge is -2.30. The van der Waals surface area contributed by atoms with E-state index < -0.39 is 0 Å². The largest absolute Gasteiger partial charge is 0.493 e. The van der Waals surface area contributed by atoms with Gasteiger partial charge in [-0.25, -0.2) is 0 Å². The maximum atomic E-state index is 5.99. The third-order valence-electron chi connectivity index (χ3n) is 4.62. The van der Waals surface area contributed by atoms with Crippen molar-refractivity contribution in [2.24, 2.45) is 11.1 Å². The maximum Gasteiger partial charge on any atom is 0.170 e. The first-order valence-electron chi connectivity index (χ1n) is 8.95. The van der Waals surface area contributed by atoms with E-state index in [9.17, 15) is 0 Å². The Morgan fingerprint density at radius 3 is 2.58 bits per heavy atom. The summed E-state index contributed by atoms with van der Waals surface area (Å²) < 4.78 is 5.99. The molecule has 132 valence electrons. The van der Waals surface area contributed by atoms with Crippen molar-refractivity contribution in [3.05, 3.63) is 35.9 Å². The van der Waals surface area contributed by atoms with Crippen LogP contribution in [0, 0.1) is 5.92 Å². The predicted molar refractivity (Wildman–Crippen MR) is 100 cm³/mol. The Labute approximate surface area is 146 Å². The van der Waals surface area contributed by atoms with Gasteiger partial charge in [0.1, 0.15) is 5.75 Å². The van der Waals surface area contributed by atoms with Gasteiger partial charge in [0.2, 0.25) is 0 Å². The van der Waals surface area contributed by atoms with Crippen LogP contribution in [-0.4, -0.2) is 38.0 Å². The second kappa shape index (κ2) is 10.1. The smallest absolute Gasteiger partial charge is 0.170 e. The van der Waals surface area contributed by atoms with Crippen LogP contribution < -0.4 is 4.74 Å². The molecule has 1 saturated heterocycles. The van der Waals surface area contributed by atoms with E-state index in [4.69, 9.17) is 9.57 Å². The molecule has 1 aromatic rings. The Kier molecular flexibility index (Phi) is 7.83. The van der Waals surface area contributed by atoms with Crippen LogP contribution in [0.15, 0.2) is 35.5 Å². The molecule has 4 heteroatoms. The molecule has 1 aromatic carbocycles. The van der Waals surface area contributed by atoms with Crippen molar-refractivity contribution < 1.29 is 9.57 Å². The molecule has 0 spiro atoms. The van der Waals surface area contributed by atoms with Crippen LogP contribution in [0.4, 0.5) is 0 Å². The maximum absolute atomic E-state index is 5.99. The van der Waals surface area contributed by atoms with Gasteiger partial charge in [-0.05, 0) is 55.4 Å². The van der Waals surface area contributed by atoms with Crippen molar-refractivity contribution in [2.75, 3.05) is 26.4 Å². The number of likely N-dealkylation sites (tertiary alicyclic amines) is 1. The van der Waals surface area contributed by atoms with E-state index in [0.717, 1.165) is 44.7 Å². The molecule has 0 radical (unpaired) electrons. The minimum atomic E-state index is 0.545. The molecule has 0 saturated carbocycles. The normalized spacial score (nSPS) is 16.8. The van der Waals surface area contributed by atoms with Gasteiger partial charge in [0.15, 0.2) is 6.73 Å². The van der Waals surface area contributed by atoms with Crippen molar-refractivity contribution in [3.63, 3.8) is 0 Å². The summed E-state index contributed by atoms with van der Waals surface area (Å²) in [5, 5.41) is 3.44. The van der Waals surface area contributed by atoms with Gasteiger partial charge in [-0.1, -0.05) is 31.6 Å². The summed E-state index contributed by atoms with van der Waals surface area (Å²) in [5.74, 6) is 1.58. The Bertz CT molecular complexity index is 517. The highest BCUT2D eigenvalue weighted by Gasteiger charge is 2.19. The first-order chi connectivity index (χ1) is 11.8. The number of benzene rings is 1. The van der Waals surface area contributed by atoms with E-state index in [0.29, 0.717) is 12.6 Å². The number of oxime groups is 1. The van der Waals surface area contributed by atoms with Gasteiger partial charge in [-0.3, -0.25) is 4.90 Å². The van der Waals surface area contributed by atoms with Crippen LogP contribution in [0.25, 0.3) is 5.57 Å². The lowest BCUT2D eigenvalue weighted by Crippen LogP contribution is -2.36. The summed E-state index contributed by atoms with van der Waals surface area (Å²) >= 11 is 0.